The lowest BCUT2D eigenvalue weighted by Crippen LogP contribution is -2.59. The molecule has 1 N–H and O–H groups in total. The number of carbonyl (C=O) groups is 3. The predicted molar refractivity (Wildman–Crippen MR) is 119 cm³/mol. The van der Waals surface area contributed by atoms with Gasteiger partial charge in [0.15, 0.2) is 0 Å². The highest BCUT2D eigenvalue weighted by Crippen LogP contribution is 2.61. The van der Waals surface area contributed by atoms with E-state index in [0.29, 0.717) is 19.3 Å². The molecule has 1 aliphatic heterocycles. The Balaban J connectivity index is 1.34. The second-order valence-corrected chi connectivity index (χ2v) is 11.9. The molecule has 1 heterocycles. The first-order chi connectivity index (χ1) is 14.8. The summed E-state index contributed by atoms with van der Waals surface area (Å²) in [5.41, 5.74) is 0.212. The van der Waals surface area contributed by atoms with E-state index in [1.165, 1.54) is 43.4 Å². The summed E-state index contributed by atoms with van der Waals surface area (Å²) in [6.07, 6.45) is 13.6. The van der Waals surface area contributed by atoms with E-state index in [4.69, 9.17) is 0 Å². The van der Waals surface area contributed by atoms with Gasteiger partial charge in [0.1, 0.15) is 6.04 Å². The topological polar surface area (TPSA) is 66.5 Å². The fraction of sp³-hybridized carbons (Fsp3) is 0.808. The van der Waals surface area contributed by atoms with E-state index in [1.807, 2.05) is 12.2 Å². The number of nitrogens with zero attached hydrogens (tertiary/aromatic N) is 1. The maximum Gasteiger partial charge on any atom is 0.243 e. The van der Waals surface area contributed by atoms with E-state index in [9.17, 15) is 14.4 Å². The van der Waals surface area contributed by atoms with Gasteiger partial charge in [0, 0.05) is 6.04 Å². The van der Waals surface area contributed by atoms with E-state index < -0.39 is 6.04 Å². The largest absolute Gasteiger partial charge is 0.351 e. The van der Waals surface area contributed by atoms with E-state index in [-0.39, 0.29) is 46.9 Å². The van der Waals surface area contributed by atoms with Crippen molar-refractivity contribution in [2.45, 2.75) is 90.6 Å². The molecule has 5 heteroatoms. The highest BCUT2D eigenvalue weighted by Gasteiger charge is 2.55. The molecule has 5 aliphatic carbocycles. The number of rotatable bonds is 6. The Kier molecular flexibility index (Phi) is 5.29. The molecule has 0 aromatic rings. The van der Waals surface area contributed by atoms with Crippen LogP contribution in [0.3, 0.4) is 0 Å². The van der Waals surface area contributed by atoms with Crippen LogP contribution in [-0.2, 0) is 14.4 Å². The molecule has 4 atom stereocenters. The average Bonchev–Trinajstić information content (AvgIpc) is 2.95. The van der Waals surface area contributed by atoms with Crippen LogP contribution < -0.4 is 5.32 Å². The van der Waals surface area contributed by atoms with Gasteiger partial charge in [-0.1, -0.05) is 26.0 Å². The molecular formula is C26H38N2O3. The van der Waals surface area contributed by atoms with Gasteiger partial charge in [0.2, 0.25) is 17.7 Å². The van der Waals surface area contributed by atoms with Crippen molar-refractivity contribution in [1.29, 1.82) is 0 Å². The molecule has 31 heavy (non-hydrogen) atoms. The SMILES string of the molecule is CC(C)C[C@H](C(=O)N[C@H](C)C12CC3CC(CC(C3)C1)C2)N1C(=O)[C@@H]2CC=CC[C@H]2C1=O. The molecule has 5 nitrogen and oxygen atoms in total. The summed E-state index contributed by atoms with van der Waals surface area (Å²) < 4.78 is 0. The summed E-state index contributed by atoms with van der Waals surface area (Å²) >= 11 is 0. The Bertz CT molecular complexity index is 739. The van der Waals surface area contributed by atoms with Crippen molar-refractivity contribution < 1.29 is 14.4 Å². The molecule has 0 aromatic carbocycles. The van der Waals surface area contributed by atoms with Gasteiger partial charge < -0.3 is 5.32 Å². The van der Waals surface area contributed by atoms with Crippen LogP contribution in [0.15, 0.2) is 12.2 Å². The number of fused-ring (bicyclic) bond motifs is 1. The molecular weight excluding hydrogens is 388 g/mol. The van der Waals surface area contributed by atoms with Gasteiger partial charge in [-0.05, 0) is 93.8 Å². The van der Waals surface area contributed by atoms with E-state index in [2.05, 4.69) is 26.1 Å². The number of amides is 3. The molecule has 0 unspecified atom stereocenters. The van der Waals surface area contributed by atoms with Gasteiger partial charge in [0.25, 0.3) is 0 Å². The monoisotopic (exact) mass is 426 g/mol. The van der Waals surface area contributed by atoms with Gasteiger partial charge in [-0.3, -0.25) is 19.3 Å². The molecule has 3 amide bonds. The van der Waals surface area contributed by atoms with Crippen LogP contribution in [0.5, 0.6) is 0 Å². The van der Waals surface area contributed by atoms with Crippen molar-refractivity contribution in [3.63, 3.8) is 0 Å². The third kappa shape index (κ3) is 3.56. The van der Waals surface area contributed by atoms with Crippen molar-refractivity contribution in [2.24, 2.45) is 40.9 Å². The quantitative estimate of drug-likeness (QED) is 0.514. The Hall–Kier alpha value is -1.65. The number of hydrogen-bond donors (Lipinski definition) is 1. The molecule has 0 aromatic heterocycles. The normalized spacial score (nSPS) is 40.4. The maximum absolute atomic E-state index is 13.6. The van der Waals surface area contributed by atoms with Crippen LogP contribution in [0.25, 0.3) is 0 Å². The van der Waals surface area contributed by atoms with Gasteiger partial charge in [-0.25, -0.2) is 0 Å². The fourth-order valence-electron chi connectivity index (χ4n) is 8.08. The van der Waals surface area contributed by atoms with Gasteiger partial charge in [-0.2, -0.15) is 0 Å². The zero-order chi connectivity index (χ0) is 21.9. The van der Waals surface area contributed by atoms with Crippen molar-refractivity contribution in [3.05, 3.63) is 12.2 Å². The Morgan fingerprint density at radius 1 is 0.968 bits per heavy atom. The highest BCUT2D eigenvalue weighted by atomic mass is 16.2. The van der Waals surface area contributed by atoms with Crippen molar-refractivity contribution in [3.8, 4) is 0 Å². The minimum absolute atomic E-state index is 0.0970. The van der Waals surface area contributed by atoms with E-state index >= 15 is 0 Å². The molecule has 6 aliphatic rings. The lowest BCUT2D eigenvalue weighted by Gasteiger charge is -2.59. The molecule has 170 valence electrons. The van der Waals surface area contributed by atoms with Gasteiger partial charge in [-0.15, -0.1) is 0 Å². The molecule has 4 saturated carbocycles. The molecule has 5 fully saturated rings. The second kappa shape index (κ2) is 7.74. The van der Waals surface area contributed by atoms with Crippen molar-refractivity contribution >= 4 is 17.7 Å². The Morgan fingerprint density at radius 2 is 1.45 bits per heavy atom. The summed E-state index contributed by atoms with van der Waals surface area (Å²) in [5, 5.41) is 3.34. The van der Waals surface area contributed by atoms with Crippen LogP contribution in [0.4, 0.5) is 0 Å². The zero-order valence-electron chi connectivity index (χ0n) is 19.3. The van der Waals surface area contributed by atoms with Crippen LogP contribution >= 0.6 is 0 Å². The molecule has 1 saturated heterocycles. The standard InChI is InChI=1S/C26H38N2O3/c1-15(2)8-22(28-24(30)20-6-4-5-7-21(20)25(28)31)23(29)27-16(3)26-12-17-9-18(13-26)11-19(10-17)14-26/h4-5,15-22H,6-14H2,1-3H3,(H,27,29)/t16-,17?,18?,19?,20-,21-,22-,26?/m1/s1. The van der Waals surface area contributed by atoms with E-state index in [0.717, 1.165) is 17.8 Å². The molecule has 0 spiro atoms. The van der Waals surface area contributed by atoms with Crippen molar-refractivity contribution in [2.75, 3.05) is 0 Å². The van der Waals surface area contributed by atoms with Crippen LogP contribution in [0, 0.1) is 40.9 Å². The third-order valence-electron chi connectivity index (χ3n) is 9.21. The number of nitrogens with one attached hydrogen (secondary N) is 1. The number of carbonyl (C=O) groups excluding carboxylic acids is 3. The minimum atomic E-state index is -0.679. The average molecular weight is 427 g/mol. The highest BCUT2D eigenvalue weighted by molar-refractivity contribution is 6.08. The van der Waals surface area contributed by atoms with Gasteiger partial charge >= 0.3 is 0 Å². The van der Waals surface area contributed by atoms with Crippen LogP contribution in [0.1, 0.15) is 78.6 Å². The minimum Gasteiger partial charge on any atom is -0.351 e. The fourth-order valence-corrected chi connectivity index (χ4v) is 8.08. The number of allylic oxidation sites excluding steroid dienone is 2. The Morgan fingerprint density at radius 3 is 1.90 bits per heavy atom. The summed E-state index contributed by atoms with van der Waals surface area (Å²) in [6, 6.07) is -0.582. The second-order valence-electron chi connectivity index (χ2n) is 11.9. The molecule has 4 bridgehead atoms. The first-order valence-electron chi connectivity index (χ1n) is 12.6. The number of likely N-dealkylation sites (tertiary alicyclic amines) is 1. The lowest BCUT2D eigenvalue weighted by atomic mass is 9.48. The summed E-state index contributed by atoms with van der Waals surface area (Å²) in [5.74, 6) is 1.77. The lowest BCUT2D eigenvalue weighted by molar-refractivity contribution is -0.149. The maximum atomic E-state index is 13.6. The first kappa shape index (κ1) is 21.2. The van der Waals surface area contributed by atoms with Crippen LogP contribution in [0.2, 0.25) is 0 Å². The number of imide groups is 1. The first-order valence-corrected chi connectivity index (χ1v) is 12.6. The zero-order valence-corrected chi connectivity index (χ0v) is 19.3. The predicted octanol–water partition coefficient (Wildman–Crippen LogP) is 4.07. The molecule has 6 rings (SSSR count). The summed E-state index contributed by atoms with van der Waals surface area (Å²) in [6.45, 7) is 6.29. The van der Waals surface area contributed by atoms with Gasteiger partial charge in [0.05, 0.1) is 11.8 Å². The van der Waals surface area contributed by atoms with E-state index in [1.54, 1.807) is 0 Å². The number of hydrogen-bond acceptors (Lipinski definition) is 3. The third-order valence-corrected chi connectivity index (χ3v) is 9.21. The van der Waals surface area contributed by atoms with Crippen molar-refractivity contribution in [1.82, 2.24) is 10.2 Å². The summed E-state index contributed by atoms with van der Waals surface area (Å²) in [7, 11) is 0. The Labute approximate surface area is 186 Å². The smallest absolute Gasteiger partial charge is 0.243 e. The molecule has 0 radical (unpaired) electrons. The van der Waals surface area contributed by atoms with Crippen LogP contribution in [-0.4, -0.2) is 34.7 Å². The summed E-state index contributed by atoms with van der Waals surface area (Å²) in [4.78, 5) is 41.3.